The van der Waals surface area contributed by atoms with Gasteiger partial charge in [-0.15, -0.1) is 0 Å². The molecule has 3 N–H and O–H groups in total. The van der Waals surface area contributed by atoms with Crippen molar-refractivity contribution in [1.82, 2.24) is 9.62 Å². The lowest BCUT2D eigenvalue weighted by Crippen LogP contribution is -2.54. The summed E-state index contributed by atoms with van der Waals surface area (Å²) in [4.78, 5) is 15.2. The summed E-state index contributed by atoms with van der Waals surface area (Å²) in [5.74, 6) is -0.00603. The lowest BCUT2D eigenvalue weighted by Gasteiger charge is -2.44. The van der Waals surface area contributed by atoms with E-state index >= 15 is 0 Å². The Balaban J connectivity index is 0.00000247. The molecular formula is C28H50N4O4S2. The molecule has 2 unspecified atom stereocenters. The fraction of sp³-hybridized carbons (Fsp3) is 0.750. The predicted molar refractivity (Wildman–Crippen MR) is 160 cm³/mol. The molecule has 0 bridgehead atoms. The number of carbonyl (C=O) groups excluding carboxylic acids is 1. The van der Waals surface area contributed by atoms with Crippen molar-refractivity contribution in [2.75, 3.05) is 49.7 Å². The van der Waals surface area contributed by atoms with Gasteiger partial charge in [-0.3, -0.25) is 4.79 Å². The van der Waals surface area contributed by atoms with Crippen molar-refractivity contribution in [3.8, 4) is 0 Å². The zero-order chi connectivity index (χ0) is 28.7. The number of rotatable bonds is 10. The summed E-state index contributed by atoms with van der Waals surface area (Å²) in [5.41, 5.74) is 8.26. The van der Waals surface area contributed by atoms with E-state index in [2.05, 4.69) is 73.4 Å². The maximum atomic E-state index is 12.8. The van der Waals surface area contributed by atoms with Gasteiger partial charge in [-0.1, -0.05) is 59.7 Å². The summed E-state index contributed by atoms with van der Waals surface area (Å²) in [6.07, 6.45) is 2.11. The molecule has 1 saturated carbocycles. The van der Waals surface area contributed by atoms with E-state index < -0.39 is 15.9 Å². The van der Waals surface area contributed by atoms with Crippen molar-refractivity contribution < 1.29 is 17.4 Å². The first-order valence-corrected chi connectivity index (χ1v) is 16.6. The van der Waals surface area contributed by atoms with Crippen LogP contribution in [0.4, 0.5) is 5.69 Å². The van der Waals surface area contributed by atoms with E-state index in [1.54, 1.807) is 0 Å². The van der Waals surface area contributed by atoms with Crippen molar-refractivity contribution in [3.63, 3.8) is 0 Å². The van der Waals surface area contributed by atoms with Gasteiger partial charge in [0.25, 0.3) is 0 Å². The Morgan fingerprint density at radius 1 is 1.18 bits per heavy atom. The third kappa shape index (κ3) is 8.10. The van der Waals surface area contributed by atoms with Crippen molar-refractivity contribution in [1.29, 1.82) is 0 Å². The topological polar surface area (TPSA) is 105 Å². The number of hydrogen-bond acceptors (Lipinski definition) is 8. The van der Waals surface area contributed by atoms with Crippen molar-refractivity contribution in [3.05, 3.63) is 29.8 Å². The smallest absolute Gasteiger partial charge is 0.237 e. The number of nitrogens with one attached hydrogen (secondary N) is 1. The average molecular weight is 571 g/mol. The van der Waals surface area contributed by atoms with E-state index in [1.807, 2.05) is 13.8 Å². The van der Waals surface area contributed by atoms with E-state index in [4.69, 9.17) is 9.92 Å². The second-order valence-electron chi connectivity index (χ2n) is 11.4. The SMILES string of the molecule is CC.Cc1ccccc1N1CCN(SOCC2(C)[C@H](NC(=O)[C@@H](N)CCS(C)(=O)=O)CC(C)C2(C)C)CC1. The van der Waals surface area contributed by atoms with Crippen LogP contribution in [-0.2, 0) is 18.8 Å². The lowest BCUT2D eigenvalue weighted by atomic mass is 9.65. The van der Waals surface area contributed by atoms with Gasteiger partial charge < -0.3 is 20.1 Å². The number of hydrogen-bond donors (Lipinski definition) is 2. The fourth-order valence-corrected chi connectivity index (χ4v) is 6.76. The monoisotopic (exact) mass is 570 g/mol. The number of nitrogens with zero attached hydrogens (tertiary/aromatic N) is 2. The molecule has 2 fully saturated rings. The van der Waals surface area contributed by atoms with E-state index in [1.165, 1.54) is 23.5 Å². The van der Waals surface area contributed by atoms with Gasteiger partial charge in [0.1, 0.15) is 9.84 Å². The number of para-hydroxylation sites is 1. The third-order valence-corrected chi connectivity index (χ3v) is 10.5. The first-order valence-electron chi connectivity index (χ1n) is 13.8. The Hall–Kier alpha value is -1.33. The van der Waals surface area contributed by atoms with E-state index in [-0.39, 0.29) is 35.0 Å². The molecule has 1 aliphatic heterocycles. The number of piperazine rings is 1. The van der Waals surface area contributed by atoms with Gasteiger partial charge in [0.2, 0.25) is 5.91 Å². The quantitative estimate of drug-likeness (QED) is 0.321. The summed E-state index contributed by atoms with van der Waals surface area (Å²) in [6.45, 7) is 19.2. The summed E-state index contributed by atoms with van der Waals surface area (Å²) in [6, 6.07) is 7.55. The zero-order valence-corrected chi connectivity index (χ0v) is 26.3. The largest absolute Gasteiger partial charge is 0.369 e. The Bertz CT molecular complexity index is 1010. The maximum Gasteiger partial charge on any atom is 0.237 e. The first kappa shape index (κ1) is 32.9. The van der Waals surface area contributed by atoms with Crippen LogP contribution in [0.25, 0.3) is 0 Å². The van der Waals surface area contributed by atoms with Crippen LogP contribution in [0.3, 0.4) is 0 Å². The average Bonchev–Trinajstić information content (AvgIpc) is 3.03. The molecule has 1 amide bonds. The van der Waals surface area contributed by atoms with Crippen molar-refractivity contribution >= 4 is 33.7 Å². The van der Waals surface area contributed by atoms with E-state index in [0.29, 0.717) is 12.5 Å². The van der Waals surface area contributed by atoms with Gasteiger partial charge in [0.15, 0.2) is 0 Å². The fourth-order valence-electron chi connectivity index (χ4n) is 5.32. The highest BCUT2D eigenvalue weighted by molar-refractivity contribution is 7.92. The molecule has 10 heteroatoms. The molecular weight excluding hydrogens is 520 g/mol. The Morgan fingerprint density at radius 3 is 2.37 bits per heavy atom. The molecule has 0 aromatic heterocycles. The molecule has 1 aromatic rings. The molecule has 1 aliphatic carbocycles. The minimum Gasteiger partial charge on any atom is -0.369 e. The van der Waals surface area contributed by atoms with Gasteiger partial charge in [-0.2, -0.15) is 0 Å². The molecule has 0 spiro atoms. The van der Waals surface area contributed by atoms with Crippen molar-refractivity contribution in [2.45, 2.75) is 73.4 Å². The zero-order valence-electron chi connectivity index (χ0n) is 24.6. The van der Waals surface area contributed by atoms with E-state index in [9.17, 15) is 13.2 Å². The molecule has 1 aromatic carbocycles. The Kier molecular flexibility index (Phi) is 12.0. The number of anilines is 1. The summed E-state index contributed by atoms with van der Waals surface area (Å²) in [7, 11) is -3.16. The van der Waals surface area contributed by atoms with Gasteiger partial charge in [0, 0.05) is 49.6 Å². The molecule has 8 nitrogen and oxygen atoms in total. The van der Waals surface area contributed by atoms with Crippen LogP contribution in [0.5, 0.6) is 0 Å². The van der Waals surface area contributed by atoms with Crippen LogP contribution in [0, 0.1) is 23.7 Å². The van der Waals surface area contributed by atoms with Gasteiger partial charge in [0.05, 0.1) is 30.6 Å². The van der Waals surface area contributed by atoms with Crippen LogP contribution < -0.4 is 16.0 Å². The molecule has 1 heterocycles. The molecule has 1 saturated heterocycles. The molecule has 2 aliphatic rings. The Morgan fingerprint density at radius 2 is 1.79 bits per heavy atom. The molecule has 38 heavy (non-hydrogen) atoms. The van der Waals surface area contributed by atoms with Crippen molar-refractivity contribution in [2.24, 2.45) is 22.5 Å². The predicted octanol–water partition coefficient (Wildman–Crippen LogP) is 4.04. The van der Waals surface area contributed by atoms with Gasteiger partial charge in [-0.05, 0) is 42.7 Å². The second-order valence-corrected chi connectivity index (χ2v) is 14.6. The first-order chi connectivity index (χ1) is 17.7. The number of sulfone groups is 1. The van der Waals surface area contributed by atoms with Crippen LogP contribution >= 0.6 is 12.2 Å². The summed E-state index contributed by atoms with van der Waals surface area (Å²) < 4.78 is 31.4. The number of aryl methyl sites for hydroxylation is 1. The molecule has 4 atom stereocenters. The number of carbonyl (C=O) groups is 1. The van der Waals surface area contributed by atoms with Crippen LogP contribution in [0.1, 0.15) is 59.9 Å². The molecule has 0 radical (unpaired) electrons. The minimum atomic E-state index is -3.16. The van der Waals surface area contributed by atoms with Crippen LogP contribution in [0.15, 0.2) is 24.3 Å². The van der Waals surface area contributed by atoms with Crippen LogP contribution in [-0.4, -0.2) is 75.5 Å². The lowest BCUT2D eigenvalue weighted by molar-refractivity contribution is -0.124. The second kappa shape index (κ2) is 13.8. The van der Waals surface area contributed by atoms with E-state index in [0.717, 1.165) is 38.9 Å². The highest BCUT2D eigenvalue weighted by Gasteiger charge is 2.56. The van der Waals surface area contributed by atoms with Crippen LogP contribution in [0.2, 0.25) is 0 Å². The molecule has 218 valence electrons. The number of benzene rings is 1. The standard InChI is InChI=1S/C26H44N4O4S2.C2H6/c1-19-9-7-8-10-22(19)29-12-14-30(15-13-29)35-34-18-26(5)23(17-20(2)25(26,3)4)28-24(31)21(27)11-16-36(6,32)33;1-2/h7-10,20-21,23H,11-18,27H2,1-6H3,(H,28,31);1-2H3/t20?,21-,23+,26?;/m0./s1. The van der Waals surface area contributed by atoms with Gasteiger partial charge >= 0.3 is 0 Å². The summed E-state index contributed by atoms with van der Waals surface area (Å²) in [5, 5.41) is 3.14. The normalized spacial score (nSPS) is 26.4. The molecule has 3 rings (SSSR count). The third-order valence-electron chi connectivity index (χ3n) is 8.73. The highest BCUT2D eigenvalue weighted by Crippen LogP contribution is 2.56. The summed E-state index contributed by atoms with van der Waals surface area (Å²) >= 11 is 1.43. The number of nitrogens with two attached hydrogens (primary N) is 1. The Labute approximate surface area is 235 Å². The maximum absolute atomic E-state index is 12.8. The number of amides is 1. The highest BCUT2D eigenvalue weighted by atomic mass is 32.2. The minimum absolute atomic E-state index is 0.0636. The van der Waals surface area contributed by atoms with Gasteiger partial charge in [-0.25, -0.2) is 12.7 Å².